The van der Waals surface area contributed by atoms with Crippen LogP contribution >= 0.6 is 0 Å². The van der Waals surface area contributed by atoms with Crippen molar-refractivity contribution in [3.05, 3.63) is 71.8 Å². The van der Waals surface area contributed by atoms with E-state index in [0.717, 1.165) is 40.8 Å². The molecule has 1 aliphatic carbocycles. The van der Waals surface area contributed by atoms with Crippen molar-refractivity contribution in [1.29, 1.82) is 0 Å². The minimum atomic E-state index is -0.455. The third-order valence-corrected chi connectivity index (χ3v) is 6.71. The molecule has 0 atom stereocenters. The number of hydrogen-bond acceptors (Lipinski definition) is 6. The SMILES string of the molecule is CC(=O)Oc1c(-c2ccc(NC(=O)C3CC3)cc2)c(-c2ccc3c(c2)OCO3)nn1-c1cc(C)ccc1C. The number of fused-ring (bicyclic) bond motifs is 1. The predicted molar refractivity (Wildman–Crippen MR) is 143 cm³/mol. The first-order valence-corrected chi connectivity index (χ1v) is 12.6. The summed E-state index contributed by atoms with van der Waals surface area (Å²) in [5.41, 5.74) is 6.40. The van der Waals surface area contributed by atoms with Gasteiger partial charge in [-0.05, 0) is 79.8 Å². The molecular formula is C30H27N3O5. The minimum absolute atomic E-state index is 0.0437. The van der Waals surface area contributed by atoms with Gasteiger partial charge in [0.2, 0.25) is 18.6 Å². The first-order chi connectivity index (χ1) is 18.4. The first-order valence-electron chi connectivity index (χ1n) is 12.6. The Morgan fingerprint density at radius 1 is 0.947 bits per heavy atom. The van der Waals surface area contributed by atoms with Crippen molar-refractivity contribution < 1.29 is 23.8 Å². The van der Waals surface area contributed by atoms with E-state index in [9.17, 15) is 9.59 Å². The molecule has 2 aliphatic rings. The number of hydrogen-bond donors (Lipinski definition) is 1. The highest BCUT2D eigenvalue weighted by atomic mass is 16.7. The zero-order valence-corrected chi connectivity index (χ0v) is 21.4. The van der Waals surface area contributed by atoms with Crippen LogP contribution in [-0.4, -0.2) is 28.4 Å². The molecule has 0 spiro atoms. The van der Waals surface area contributed by atoms with E-state index in [1.807, 2.05) is 74.5 Å². The van der Waals surface area contributed by atoms with E-state index >= 15 is 0 Å². The molecule has 192 valence electrons. The van der Waals surface area contributed by atoms with Crippen LogP contribution in [0.25, 0.3) is 28.1 Å². The third kappa shape index (κ3) is 4.49. The van der Waals surface area contributed by atoms with Gasteiger partial charge in [0.25, 0.3) is 0 Å². The summed E-state index contributed by atoms with van der Waals surface area (Å²) >= 11 is 0. The van der Waals surface area contributed by atoms with Crippen molar-refractivity contribution >= 4 is 17.6 Å². The number of carbonyl (C=O) groups is 2. The summed E-state index contributed by atoms with van der Waals surface area (Å²) in [5.74, 6) is 1.31. The van der Waals surface area contributed by atoms with Crippen LogP contribution in [0.2, 0.25) is 0 Å². The van der Waals surface area contributed by atoms with Gasteiger partial charge in [-0.15, -0.1) is 0 Å². The van der Waals surface area contributed by atoms with E-state index in [0.29, 0.717) is 34.3 Å². The van der Waals surface area contributed by atoms with Crippen molar-refractivity contribution in [1.82, 2.24) is 9.78 Å². The Bertz CT molecular complexity index is 1570. The van der Waals surface area contributed by atoms with Crippen LogP contribution in [0.4, 0.5) is 5.69 Å². The molecule has 0 radical (unpaired) electrons. The molecule has 1 fully saturated rings. The highest BCUT2D eigenvalue weighted by molar-refractivity contribution is 5.95. The van der Waals surface area contributed by atoms with Gasteiger partial charge in [0.1, 0.15) is 5.69 Å². The lowest BCUT2D eigenvalue weighted by molar-refractivity contribution is -0.132. The average Bonchev–Trinajstić information content (AvgIpc) is 3.55. The van der Waals surface area contributed by atoms with Crippen LogP contribution < -0.4 is 19.5 Å². The normalized spacial score (nSPS) is 13.9. The van der Waals surface area contributed by atoms with E-state index in [-0.39, 0.29) is 18.6 Å². The minimum Gasteiger partial charge on any atom is -0.454 e. The Morgan fingerprint density at radius 2 is 1.68 bits per heavy atom. The van der Waals surface area contributed by atoms with Crippen LogP contribution in [0.3, 0.4) is 0 Å². The lowest BCUT2D eigenvalue weighted by Crippen LogP contribution is -2.13. The van der Waals surface area contributed by atoms with E-state index < -0.39 is 5.97 Å². The summed E-state index contributed by atoms with van der Waals surface area (Å²) in [6.45, 7) is 5.54. The fourth-order valence-electron chi connectivity index (χ4n) is 4.56. The molecule has 3 aromatic carbocycles. The lowest BCUT2D eigenvalue weighted by atomic mass is 10.0. The fourth-order valence-corrected chi connectivity index (χ4v) is 4.56. The van der Waals surface area contributed by atoms with Crippen molar-refractivity contribution in [3.8, 4) is 45.5 Å². The Labute approximate surface area is 220 Å². The second kappa shape index (κ2) is 9.37. The molecular weight excluding hydrogens is 482 g/mol. The molecule has 4 aromatic rings. The second-order valence-electron chi connectivity index (χ2n) is 9.73. The molecule has 0 saturated heterocycles. The monoisotopic (exact) mass is 509 g/mol. The van der Waals surface area contributed by atoms with Gasteiger partial charge in [-0.2, -0.15) is 9.78 Å². The van der Waals surface area contributed by atoms with Gasteiger partial charge in [-0.25, -0.2) is 0 Å². The van der Waals surface area contributed by atoms with Crippen molar-refractivity contribution in [2.75, 3.05) is 12.1 Å². The molecule has 0 bridgehead atoms. The zero-order valence-electron chi connectivity index (χ0n) is 21.4. The largest absolute Gasteiger partial charge is 0.454 e. The van der Waals surface area contributed by atoms with E-state index in [1.54, 1.807) is 4.68 Å². The second-order valence-corrected chi connectivity index (χ2v) is 9.73. The number of amides is 1. The van der Waals surface area contributed by atoms with Crippen LogP contribution in [-0.2, 0) is 9.59 Å². The molecule has 1 N–H and O–H groups in total. The van der Waals surface area contributed by atoms with Crippen LogP contribution in [0.15, 0.2) is 60.7 Å². The third-order valence-electron chi connectivity index (χ3n) is 6.71. The highest BCUT2D eigenvalue weighted by Gasteiger charge is 2.30. The molecule has 1 amide bonds. The quantitative estimate of drug-likeness (QED) is 0.329. The van der Waals surface area contributed by atoms with Crippen LogP contribution in [0, 0.1) is 19.8 Å². The van der Waals surface area contributed by atoms with Crippen molar-refractivity contribution in [3.63, 3.8) is 0 Å². The summed E-state index contributed by atoms with van der Waals surface area (Å²) in [6, 6.07) is 19.2. The first kappa shape index (κ1) is 23.8. The lowest BCUT2D eigenvalue weighted by Gasteiger charge is -2.12. The number of aromatic nitrogens is 2. The highest BCUT2D eigenvalue weighted by Crippen LogP contribution is 2.44. The maximum Gasteiger partial charge on any atom is 0.309 e. The molecule has 1 aliphatic heterocycles. The summed E-state index contributed by atoms with van der Waals surface area (Å²) in [7, 11) is 0. The van der Waals surface area contributed by atoms with E-state index in [1.165, 1.54) is 6.92 Å². The molecule has 6 rings (SSSR count). The molecule has 38 heavy (non-hydrogen) atoms. The number of aryl methyl sites for hydroxylation is 2. The van der Waals surface area contributed by atoms with Gasteiger partial charge in [0, 0.05) is 24.1 Å². The number of benzene rings is 3. The zero-order chi connectivity index (χ0) is 26.4. The Kier molecular flexibility index (Phi) is 5.87. The molecule has 0 unspecified atom stereocenters. The smallest absolute Gasteiger partial charge is 0.309 e. The van der Waals surface area contributed by atoms with Gasteiger partial charge in [0.05, 0.1) is 11.3 Å². The number of nitrogens with one attached hydrogen (secondary N) is 1. The Morgan fingerprint density at radius 3 is 2.42 bits per heavy atom. The summed E-state index contributed by atoms with van der Waals surface area (Å²) < 4.78 is 18.6. The molecule has 8 nitrogen and oxygen atoms in total. The van der Waals surface area contributed by atoms with Crippen molar-refractivity contribution in [2.45, 2.75) is 33.6 Å². The van der Waals surface area contributed by atoms with Gasteiger partial charge in [0.15, 0.2) is 11.5 Å². The predicted octanol–water partition coefficient (Wildman–Crippen LogP) is 5.83. The van der Waals surface area contributed by atoms with E-state index in [4.69, 9.17) is 19.3 Å². The average molecular weight is 510 g/mol. The summed E-state index contributed by atoms with van der Waals surface area (Å²) in [6.07, 6.45) is 1.87. The van der Waals surface area contributed by atoms with Gasteiger partial charge in [-0.3, -0.25) is 9.59 Å². The van der Waals surface area contributed by atoms with Crippen molar-refractivity contribution in [2.24, 2.45) is 5.92 Å². The topological polar surface area (TPSA) is 91.7 Å². The maximum atomic E-state index is 12.3. The molecule has 1 saturated carbocycles. The van der Waals surface area contributed by atoms with Gasteiger partial charge < -0.3 is 19.5 Å². The standard InChI is InChI=1S/C30H27N3O5/c1-17-4-5-18(2)24(14-17)33-30(38-19(3)34)27(20-8-11-23(12-9-20)31-29(35)21-6-7-21)28(32-33)22-10-13-25-26(15-22)37-16-36-25/h4-5,8-15,21H,6-7,16H2,1-3H3,(H,31,35). The Hall–Kier alpha value is -4.59. The number of rotatable bonds is 6. The number of carbonyl (C=O) groups excluding carboxylic acids is 2. The molecule has 2 heterocycles. The van der Waals surface area contributed by atoms with Crippen LogP contribution in [0.5, 0.6) is 17.4 Å². The molecule has 1 aromatic heterocycles. The summed E-state index contributed by atoms with van der Waals surface area (Å²) in [4.78, 5) is 24.6. The summed E-state index contributed by atoms with van der Waals surface area (Å²) in [5, 5.41) is 7.96. The van der Waals surface area contributed by atoms with E-state index in [2.05, 4.69) is 5.32 Å². The number of esters is 1. The molecule has 8 heteroatoms. The fraction of sp³-hybridized carbons (Fsp3) is 0.233. The van der Waals surface area contributed by atoms with Gasteiger partial charge in [-0.1, -0.05) is 24.3 Å². The number of anilines is 1. The van der Waals surface area contributed by atoms with Gasteiger partial charge >= 0.3 is 5.97 Å². The maximum absolute atomic E-state index is 12.3. The number of ether oxygens (including phenoxy) is 3. The van der Waals surface area contributed by atoms with Crippen LogP contribution in [0.1, 0.15) is 30.9 Å². The Balaban J connectivity index is 1.53. The number of nitrogens with zero attached hydrogens (tertiary/aromatic N) is 2.